The lowest BCUT2D eigenvalue weighted by Gasteiger charge is -2.19. The average Bonchev–Trinajstić information content (AvgIpc) is 2.84. The van der Waals surface area contributed by atoms with Crippen molar-refractivity contribution in [1.82, 2.24) is 0 Å². The second kappa shape index (κ2) is 12.2. The van der Waals surface area contributed by atoms with E-state index in [-0.39, 0.29) is 5.97 Å². The number of carbonyl (C=O) groups is 1. The Hall–Kier alpha value is -3.82. The molecule has 0 unspecified atom stereocenters. The van der Waals surface area contributed by atoms with Gasteiger partial charge in [0.05, 0.1) is 17.5 Å². The van der Waals surface area contributed by atoms with E-state index < -0.39 is 7.25 Å². The summed E-state index contributed by atoms with van der Waals surface area (Å²) in [6.07, 6.45) is 0. The van der Waals surface area contributed by atoms with Crippen LogP contribution in [-0.2, 0) is 4.74 Å². The maximum Gasteiger partial charge on any atom is 0.673 e. The van der Waals surface area contributed by atoms with Gasteiger partial charge in [0.1, 0.15) is 11.3 Å². The van der Waals surface area contributed by atoms with Crippen LogP contribution in [0.1, 0.15) is 42.3 Å². The van der Waals surface area contributed by atoms with Crippen LogP contribution in [0.3, 0.4) is 0 Å². The molecule has 0 radical (unpaired) electrons. The Morgan fingerprint density at radius 1 is 1.00 bits per heavy atom. The van der Waals surface area contributed by atoms with E-state index >= 15 is 0 Å². The fourth-order valence-electron chi connectivity index (χ4n) is 4.33. The van der Waals surface area contributed by atoms with Crippen molar-refractivity contribution in [3.63, 3.8) is 0 Å². The average molecular weight is 529 g/mol. The zero-order valence-corrected chi connectivity index (χ0v) is 22.0. The van der Waals surface area contributed by atoms with Gasteiger partial charge in [-0.15, -0.1) is 0 Å². The third-order valence-corrected chi connectivity index (χ3v) is 5.83. The lowest BCUT2D eigenvalue weighted by molar-refractivity contribution is 0.0527. The number of hydrogen-bond donors (Lipinski definition) is 1. The highest BCUT2D eigenvalue weighted by Gasteiger charge is 2.23. The van der Waals surface area contributed by atoms with Gasteiger partial charge in [-0.3, -0.25) is 4.99 Å². The molecule has 2 aliphatic rings. The second-order valence-corrected chi connectivity index (χ2v) is 8.52. The Kier molecular flexibility index (Phi) is 9.19. The van der Waals surface area contributed by atoms with Crippen LogP contribution in [0.4, 0.5) is 23.0 Å². The predicted octanol–water partition coefficient (Wildman–Crippen LogP) is 7.65. The monoisotopic (exact) mass is 529 g/mol. The van der Waals surface area contributed by atoms with E-state index in [1.807, 2.05) is 44.2 Å². The summed E-state index contributed by atoms with van der Waals surface area (Å²) in [7, 11) is -6.00. The van der Waals surface area contributed by atoms with Crippen LogP contribution in [0.15, 0.2) is 57.9 Å². The molecule has 0 saturated carbocycles. The molecular weight excluding hydrogens is 499 g/mol. The van der Waals surface area contributed by atoms with Crippen molar-refractivity contribution in [1.29, 1.82) is 0 Å². The normalized spacial score (nSPS) is 11.9. The van der Waals surface area contributed by atoms with Crippen LogP contribution in [0, 0.1) is 13.8 Å². The fraction of sp³-hybridized carbons (Fsp3) is 0.286. The van der Waals surface area contributed by atoms with Crippen molar-refractivity contribution in [3.8, 4) is 22.5 Å². The van der Waals surface area contributed by atoms with Gasteiger partial charge in [0, 0.05) is 41.9 Å². The maximum atomic E-state index is 12.8. The SMILES string of the molecule is CCN=c1cc2oc3cc(NCC)c(C)cc3cc-2c(-c2ccccc2C(=O)OCC)c1C.F[B-](F)(F)F. The first-order chi connectivity index (χ1) is 18.0. The summed E-state index contributed by atoms with van der Waals surface area (Å²) in [4.78, 5) is 17.5. The van der Waals surface area contributed by atoms with Crippen LogP contribution in [0.5, 0.6) is 0 Å². The molecule has 2 aromatic carbocycles. The number of hydrogen-bond acceptors (Lipinski definition) is 5. The molecule has 1 N–H and O–H groups in total. The van der Waals surface area contributed by atoms with E-state index in [0.717, 1.165) is 62.1 Å². The van der Waals surface area contributed by atoms with Gasteiger partial charge in [0.2, 0.25) is 0 Å². The molecular formula is C28H30BF4N2O3-. The van der Waals surface area contributed by atoms with E-state index in [4.69, 9.17) is 14.1 Å². The van der Waals surface area contributed by atoms with Crippen molar-refractivity contribution in [2.24, 2.45) is 4.99 Å². The number of nitrogens with zero attached hydrogens (tertiary/aromatic N) is 1. The van der Waals surface area contributed by atoms with Crippen molar-refractivity contribution >= 4 is 29.9 Å². The molecule has 202 valence electrons. The molecule has 1 heterocycles. The highest BCUT2D eigenvalue weighted by Crippen LogP contribution is 2.40. The predicted molar refractivity (Wildman–Crippen MR) is 144 cm³/mol. The number of fused-ring (bicyclic) bond motifs is 2. The van der Waals surface area contributed by atoms with Gasteiger partial charge >= 0.3 is 13.2 Å². The lowest BCUT2D eigenvalue weighted by Crippen LogP contribution is -2.13. The molecule has 1 aliphatic carbocycles. The summed E-state index contributed by atoms with van der Waals surface area (Å²) in [6.45, 7) is 11.9. The molecule has 0 bridgehead atoms. The smallest absolute Gasteiger partial charge is 0.462 e. The third-order valence-electron chi connectivity index (χ3n) is 5.83. The molecule has 0 aromatic heterocycles. The first kappa shape index (κ1) is 28.8. The Morgan fingerprint density at radius 2 is 1.68 bits per heavy atom. The lowest BCUT2D eigenvalue weighted by atomic mass is 9.88. The van der Waals surface area contributed by atoms with Gasteiger partial charge in [-0.1, -0.05) is 18.2 Å². The van der Waals surface area contributed by atoms with E-state index in [9.17, 15) is 22.1 Å². The number of rotatable bonds is 6. The molecule has 0 fully saturated rings. The Bertz CT molecular complexity index is 1480. The summed E-state index contributed by atoms with van der Waals surface area (Å²) in [6, 6.07) is 15.9. The van der Waals surface area contributed by atoms with Crippen LogP contribution in [-0.4, -0.2) is 32.9 Å². The Labute approximate surface area is 219 Å². The number of esters is 1. The fourth-order valence-corrected chi connectivity index (χ4v) is 4.33. The van der Waals surface area contributed by atoms with E-state index in [1.165, 1.54) is 0 Å². The molecule has 0 saturated heterocycles. The molecule has 5 nitrogen and oxygen atoms in total. The molecule has 0 atom stereocenters. The first-order valence-corrected chi connectivity index (χ1v) is 12.4. The number of halogens is 4. The quantitative estimate of drug-likeness (QED) is 0.121. The van der Waals surface area contributed by atoms with Crippen molar-refractivity contribution in [2.75, 3.05) is 25.0 Å². The number of benzene rings is 3. The van der Waals surface area contributed by atoms with Crippen LogP contribution in [0.2, 0.25) is 0 Å². The van der Waals surface area contributed by atoms with Gasteiger partial charge < -0.3 is 31.7 Å². The number of carbonyl (C=O) groups excluding carboxylic acids is 1. The van der Waals surface area contributed by atoms with Crippen LogP contribution in [0.25, 0.3) is 33.4 Å². The van der Waals surface area contributed by atoms with Gasteiger partial charge in [-0.05, 0) is 75.1 Å². The van der Waals surface area contributed by atoms with Crippen LogP contribution >= 0.6 is 0 Å². The zero-order valence-electron chi connectivity index (χ0n) is 22.0. The topological polar surface area (TPSA) is 63.8 Å². The van der Waals surface area contributed by atoms with Crippen molar-refractivity contribution < 1.29 is 31.2 Å². The molecule has 2 aromatic rings. The molecule has 0 spiro atoms. The minimum absolute atomic E-state index is 0.325. The molecule has 4 rings (SSSR count). The summed E-state index contributed by atoms with van der Waals surface area (Å²) < 4.78 is 50.8. The summed E-state index contributed by atoms with van der Waals surface area (Å²) in [5, 5.41) is 5.27. The van der Waals surface area contributed by atoms with Crippen molar-refractivity contribution in [2.45, 2.75) is 34.6 Å². The van der Waals surface area contributed by atoms with Gasteiger partial charge in [-0.25, -0.2) is 4.79 Å². The minimum atomic E-state index is -6.00. The first-order valence-electron chi connectivity index (χ1n) is 12.4. The van der Waals surface area contributed by atoms with Gasteiger partial charge in [0.15, 0.2) is 0 Å². The number of nitrogens with one attached hydrogen (secondary N) is 1. The third kappa shape index (κ3) is 6.73. The molecule has 0 amide bonds. The van der Waals surface area contributed by atoms with Gasteiger partial charge in [0.25, 0.3) is 0 Å². The summed E-state index contributed by atoms with van der Waals surface area (Å²) >= 11 is 0. The molecule has 1 aliphatic heterocycles. The van der Waals surface area contributed by atoms with E-state index in [0.29, 0.717) is 18.7 Å². The number of anilines is 1. The number of ether oxygens (including phenoxy) is 1. The maximum absolute atomic E-state index is 12.8. The molecule has 10 heteroatoms. The standard InChI is InChI=1S/C28H30N2O3.BF4/c1-6-29-23-15-25-19(13-17(23)4)14-22-26(33-25)16-24(30-7-2)18(5)27(22)20-11-9-10-12-21(20)28(31)32-8-3;2-1(3,4)5/h9-16,29H,6-8H2,1-5H3;/q;-1. The van der Waals surface area contributed by atoms with Crippen molar-refractivity contribution in [3.05, 3.63) is 70.6 Å². The number of aryl methyl sites for hydroxylation is 1. The van der Waals surface area contributed by atoms with Crippen LogP contribution < -0.4 is 10.7 Å². The Morgan fingerprint density at radius 3 is 2.32 bits per heavy atom. The second-order valence-electron chi connectivity index (χ2n) is 8.52. The largest absolute Gasteiger partial charge is 0.673 e. The van der Waals surface area contributed by atoms with E-state index in [2.05, 4.69) is 44.3 Å². The highest BCUT2D eigenvalue weighted by molar-refractivity contribution is 6.50. The Balaban J connectivity index is 0.000000732. The minimum Gasteiger partial charge on any atom is -0.462 e. The summed E-state index contributed by atoms with van der Waals surface area (Å²) in [5.74, 6) is 0.405. The summed E-state index contributed by atoms with van der Waals surface area (Å²) in [5.41, 5.74) is 7.29. The van der Waals surface area contributed by atoms with E-state index in [1.54, 1.807) is 0 Å². The van der Waals surface area contributed by atoms with Gasteiger partial charge in [-0.2, -0.15) is 0 Å². The highest BCUT2D eigenvalue weighted by atomic mass is 19.5. The zero-order chi connectivity index (χ0) is 28.0. The molecule has 38 heavy (non-hydrogen) atoms.